The molecule has 108 valence electrons. The molecule has 0 unspecified atom stereocenters. The van der Waals surface area contributed by atoms with Crippen molar-refractivity contribution < 1.29 is 9.59 Å². The molecular formula is C17H16ClNO2. The Morgan fingerprint density at radius 3 is 2.57 bits per heavy atom. The molecule has 2 aromatic carbocycles. The van der Waals surface area contributed by atoms with Crippen molar-refractivity contribution in [3.63, 3.8) is 0 Å². The van der Waals surface area contributed by atoms with Crippen LogP contribution in [0.25, 0.3) is 0 Å². The molecule has 0 aromatic heterocycles. The lowest BCUT2D eigenvalue weighted by molar-refractivity contribution is -0.116. The Kier molecular flexibility index (Phi) is 5.12. The first kappa shape index (κ1) is 15.3. The lowest BCUT2D eigenvalue weighted by Crippen LogP contribution is -2.12. The third-order valence-corrected chi connectivity index (χ3v) is 3.32. The predicted octanol–water partition coefficient (Wildman–Crippen LogP) is 4.11. The highest BCUT2D eigenvalue weighted by Gasteiger charge is 2.05. The Labute approximate surface area is 128 Å². The fraction of sp³-hybridized carbons (Fsp3) is 0.176. The van der Waals surface area contributed by atoms with E-state index in [1.807, 2.05) is 18.2 Å². The van der Waals surface area contributed by atoms with Crippen molar-refractivity contribution >= 4 is 29.0 Å². The van der Waals surface area contributed by atoms with Crippen molar-refractivity contribution in [1.29, 1.82) is 0 Å². The minimum atomic E-state index is -0.0873. The monoisotopic (exact) mass is 301 g/mol. The van der Waals surface area contributed by atoms with Crippen LogP contribution in [0.15, 0.2) is 48.5 Å². The number of anilines is 1. The van der Waals surface area contributed by atoms with Crippen LogP contribution >= 0.6 is 11.6 Å². The van der Waals surface area contributed by atoms with Gasteiger partial charge < -0.3 is 5.32 Å². The van der Waals surface area contributed by atoms with E-state index in [9.17, 15) is 9.59 Å². The average molecular weight is 302 g/mol. The number of benzene rings is 2. The standard InChI is InChI=1S/C17H16ClNO2/c1-12(20)14-5-3-7-16(11-14)19-17(21)9-8-13-4-2-6-15(18)10-13/h2-7,10-11H,8-9H2,1H3,(H,19,21). The Balaban J connectivity index is 1.93. The second kappa shape index (κ2) is 7.04. The van der Waals surface area contributed by atoms with Gasteiger partial charge in [0.1, 0.15) is 0 Å². The van der Waals surface area contributed by atoms with E-state index in [-0.39, 0.29) is 11.7 Å². The molecule has 0 radical (unpaired) electrons. The molecule has 3 nitrogen and oxygen atoms in total. The van der Waals surface area contributed by atoms with E-state index in [1.165, 1.54) is 6.92 Å². The van der Waals surface area contributed by atoms with E-state index >= 15 is 0 Å². The molecule has 0 heterocycles. The number of hydrogen-bond acceptors (Lipinski definition) is 2. The number of nitrogens with one attached hydrogen (secondary N) is 1. The highest BCUT2D eigenvalue weighted by molar-refractivity contribution is 6.30. The zero-order chi connectivity index (χ0) is 15.2. The summed E-state index contributed by atoms with van der Waals surface area (Å²) in [6.07, 6.45) is 0.990. The second-order valence-electron chi connectivity index (χ2n) is 4.82. The second-order valence-corrected chi connectivity index (χ2v) is 5.25. The highest BCUT2D eigenvalue weighted by atomic mass is 35.5. The quantitative estimate of drug-likeness (QED) is 0.845. The van der Waals surface area contributed by atoms with Crippen molar-refractivity contribution in [3.8, 4) is 0 Å². The maximum absolute atomic E-state index is 11.9. The number of Topliss-reactive ketones (excluding diaryl/α,β-unsaturated/α-hetero) is 1. The van der Waals surface area contributed by atoms with Crippen LogP contribution in [0, 0.1) is 0 Å². The number of carbonyl (C=O) groups is 2. The molecule has 0 aliphatic rings. The number of amides is 1. The molecule has 21 heavy (non-hydrogen) atoms. The zero-order valence-electron chi connectivity index (χ0n) is 11.7. The molecular weight excluding hydrogens is 286 g/mol. The minimum absolute atomic E-state index is 0.0231. The van der Waals surface area contributed by atoms with Crippen LogP contribution in [-0.4, -0.2) is 11.7 Å². The molecule has 4 heteroatoms. The van der Waals surface area contributed by atoms with Gasteiger partial charge in [-0.3, -0.25) is 9.59 Å². The molecule has 0 fully saturated rings. The van der Waals surface area contributed by atoms with Gasteiger partial charge in [-0.1, -0.05) is 35.9 Å². The molecule has 0 bridgehead atoms. The van der Waals surface area contributed by atoms with Crippen LogP contribution in [-0.2, 0) is 11.2 Å². The SMILES string of the molecule is CC(=O)c1cccc(NC(=O)CCc2cccc(Cl)c2)c1. The van der Waals surface area contributed by atoms with E-state index in [0.717, 1.165) is 5.56 Å². The fourth-order valence-electron chi connectivity index (χ4n) is 1.99. The van der Waals surface area contributed by atoms with E-state index in [0.29, 0.717) is 29.1 Å². The number of rotatable bonds is 5. The maximum atomic E-state index is 11.9. The van der Waals surface area contributed by atoms with Crippen LogP contribution in [0.4, 0.5) is 5.69 Å². The van der Waals surface area contributed by atoms with Crippen LogP contribution in [0.2, 0.25) is 5.02 Å². The molecule has 2 aromatic rings. The molecule has 0 saturated carbocycles. The number of aryl methyl sites for hydroxylation is 1. The van der Waals surface area contributed by atoms with E-state index in [1.54, 1.807) is 30.3 Å². The summed E-state index contributed by atoms with van der Waals surface area (Å²) in [5.41, 5.74) is 2.25. The summed E-state index contributed by atoms with van der Waals surface area (Å²) in [6, 6.07) is 14.4. The van der Waals surface area contributed by atoms with Crippen LogP contribution in [0.3, 0.4) is 0 Å². The van der Waals surface area contributed by atoms with Gasteiger partial charge in [-0.05, 0) is 43.2 Å². The van der Waals surface area contributed by atoms with Gasteiger partial charge in [0.2, 0.25) is 5.91 Å². The smallest absolute Gasteiger partial charge is 0.224 e. The van der Waals surface area contributed by atoms with Gasteiger partial charge in [0.25, 0.3) is 0 Å². The highest BCUT2D eigenvalue weighted by Crippen LogP contribution is 2.14. The largest absolute Gasteiger partial charge is 0.326 e. The van der Waals surface area contributed by atoms with E-state index in [2.05, 4.69) is 5.32 Å². The van der Waals surface area contributed by atoms with Gasteiger partial charge in [-0.15, -0.1) is 0 Å². The molecule has 0 aliphatic heterocycles. The van der Waals surface area contributed by atoms with Crippen molar-refractivity contribution in [1.82, 2.24) is 0 Å². The Morgan fingerprint density at radius 2 is 1.86 bits per heavy atom. The Morgan fingerprint density at radius 1 is 1.10 bits per heavy atom. The average Bonchev–Trinajstić information content (AvgIpc) is 2.45. The fourth-order valence-corrected chi connectivity index (χ4v) is 2.20. The molecule has 1 amide bonds. The molecule has 0 atom stereocenters. The zero-order valence-corrected chi connectivity index (χ0v) is 12.5. The molecule has 2 rings (SSSR count). The van der Waals surface area contributed by atoms with Crippen LogP contribution in [0.5, 0.6) is 0 Å². The summed E-state index contributed by atoms with van der Waals surface area (Å²) in [6.45, 7) is 1.50. The van der Waals surface area contributed by atoms with Gasteiger partial charge in [0.05, 0.1) is 0 Å². The molecule has 1 N–H and O–H groups in total. The van der Waals surface area contributed by atoms with E-state index < -0.39 is 0 Å². The lowest BCUT2D eigenvalue weighted by atomic mass is 10.1. The minimum Gasteiger partial charge on any atom is -0.326 e. The Hall–Kier alpha value is -2.13. The maximum Gasteiger partial charge on any atom is 0.224 e. The summed E-state index contributed by atoms with van der Waals surface area (Å²) < 4.78 is 0. The van der Waals surface area contributed by atoms with Gasteiger partial charge in [-0.25, -0.2) is 0 Å². The summed E-state index contributed by atoms with van der Waals surface area (Å²) >= 11 is 5.90. The van der Waals surface area contributed by atoms with Gasteiger partial charge in [0.15, 0.2) is 5.78 Å². The first-order valence-electron chi connectivity index (χ1n) is 6.70. The summed E-state index contributed by atoms with van der Waals surface area (Å²) in [4.78, 5) is 23.2. The third-order valence-electron chi connectivity index (χ3n) is 3.08. The molecule has 0 aliphatic carbocycles. The topological polar surface area (TPSA) is 46.2 Å². The van der Waals surface area contributed by atoms with Gasteiger partial charge in [0, 0.05) is 22.7 Å². The summed E-state index contributed by atoms with van der Waals surface area (Å²) in [5, 5.41) is 3.47. The van der Waals surface area contributed by atoms with E-state index in [4.69, 9.17) is 11.6 Å². The number of ketones is 1. The van der Waals surface area contributed by atoms with Gasteiger partial charge in [-0.2, -0.15) is 0 Å². The predicted molar refractivity (Wildman–Crippen MR) is 84.8 cm³/mol. The third kappa shape index (κ3) is 4.72. The van der Waals surface area contributed by atoms with Crippen molar-refractivity contribution in [2.75, 3.05) is 5.32 Å². The number of halogens is 1. The lowest BCUT2D eigenvalue weighted by Gasteiger charge is -2.06. The first-order valence-corrected chi connectivity index (χ1v) is 7.08. The molecule has 0 saturated heterocycles. The summed E-state index contributed by atoms with van der Waals surface area (Å²) in [7, 11) is 0. The first-order chi connectivity index (χ1) is 10.0. The van der Waals surface area contributed by atoms with Gasteiger partial charge >= 0.3 is 0 Å². The van der Waals surface area contributed by atoms with Crippen LogP contribution < -0.4 is 5.32 Å². The number of hydrogen-bond donors (Lipinski definition) is 1. The van der Waals surface area contributed by atoms with Crippen LogP contribution in [0.1, 0.15) is 29.3 Å². The van der Waals surface area contributed by atoms with Crippen molar-refractivity contribution in [2.24, 2.45) is 0 Å². The Bertz CT molecular complexity index is 667. The summed E-state index contributed by atoms with van der Waals surface area (Å²) in [5.74, 6) is -0.110. The van der Waals surface area contributed by atoms with Crippen molar-refractivity contribution in [3.05, 3.63) is 64.7 Å². The number of carbonyl (C=O) groups excluding carboxylic acids is 2. The normalized spacial score (nSPS) is 10.2. The molecule has 0 spiro atoms. The van der Waals surface area contributed by atoms with Crippen molar-refractivity contribution in [2.45, 2.75) is 19.8 Å².